The Labute approximate surface area is 121 Å². The highest BCUT2D eigenvalue weighted by molar-refractivity contribution is 7.84. The average Bonchev–Trinajstić information content (AvgIpc) is 2.46. The van der Waals surface area contributed by atoms with E-state index in [1.807, 2.05) is 24.3 Å². The molecule has 106 valence electrons. The van der Waals surface area contributed by atoms with Crippen LogP contribution in [0.3, 0.4) is 0 Å². The lowest BCUT2D eigenvalue weighted by Crippen LogP contribution is -2.36. The molecule has 3 aromatic rings. The predicted molar refractivity (Wildman–Crippen MR) is 74.9 cm³/mol. The van der Waals surface area contributed by atoms with Gasteiger partial charge in [0.1, 0.15) is 0 Å². The Bertz CT molecular complexity index is 893. The van der Waals surface area contributed by atoms with Crippen molar-refractivity contribution < 1.29 is 17.5 Å². The largest absolute Gasteiger partial charge is 0.743 e. The van der Waals surface area contributed by atoms with Crippen LogP contribution < -0.4 is 4.57 Å². The van der Waals surface area contributed by atoms with Crippen LogP contribution in [0.15, 0.2) is 55.0 Å². The minimum atomic E-state index is -4.30. The van der Waals surface area contributed by atoms with Gasteiger partial charge in [-0.15, -0.1) is 0 Å². The molecule has 2 heterocycles. The van der Waals surface area contributed by atoms with Gasteiger partial charge in [0.05, 0.1) is 22.9 Å². The Morgan fingerprint density at radius 2 is 1.71 bits per heavy atom. The van der Waals surface area contributed by atoms with Crippen molar-refractivity contribution in [3.05, 3.63) is 55.0 Å². The summed E-state index contributed by atoms with van der Waals surface area (Å²) in [5.41, 5.74) is 3.08. The van der Waals surface area contributed by atoms with Gasteiger partial charge in [0, 0.05) is 17.7 Å². The number of nitrogens with zero attached hydrogens (tertiary/aromatic N) is 3. The quantitative estimate of drug-likeness (QED) is 0.534. The fourth-order valence-corrected chi connectivity index (χ4v) is 2.53. The Kier molecular flexibility index (Phi) is 3.36. The lowest BCUT2D eigenvalue weighted by Gasteiger charge is -2.04. The van der Waals surface area contributed by atoms with Gasteiger partial charge in [0.2, 0.25) is 5.88 Å². The fourth-order valence-electron chi connectivity index (χ4n) is 1.99. The lowest BCUT2D eigenvalue weighted by molar-refractivity contribution is -0.678. The van der Waals surface area contributed by atoms with E-state index < -0.39 is 16.0 Å². The van der Waals surface area contributed by atoms with Crippen molar-refractivity contribution >= 4 is 21.2 Å². The highest BCUT2D eigenvalue weighted by Crippen LogP contribution is 2.17. The van der Waals surface area contributed by atoms with Crippen molar-refractivity contribution in [3.63, 3.8) is 0 Å². The van der Waals surface area contributed by atoms with Gasteiger partial charge >= 0.3 is 0 Å². The van der Waals surface area contributed by atoms with Gasteiger partial charge in [-0.25, -0.2) is 13.4 Å². The van der Waals surface area contributed by atoms with E-state index in [1.165, 1.54) is 17.0 Å². The summed E-state index contributed by atoms with van der Waals surface area (Å²) in [6.45, 7) is 0. The standard InChI is InChI=1S/C14H11N3O3S/c18-21(19,20)10-17-7-5-11(6-8-17)14-9-15-12-3-1-2-4-13(12)16-14/h1-9H,10H2. The molecule has 21 heavy (non-hydrogen) atoms. The molecule has 0 bridgehead atoms. The molecule has 0 aliphatic rings. The second-order valence-electron chi connectivity index (χ2n) is 4.53. The third kappa shape index (κ3) is 3.21. The molecule has 6 nitrogen and oxygen atoms in total. The van der Waals surface area contributed by atoms with E-state index in [2.05, 4.69) is 9.97 Å². The van der Waals surface area contributed by atoms with Gasteiger partial charge in [-0.2, -0.15) is 4.57 Å². The highest BCUT2D eigenvalue weighted by atomic mass is 32.2. The number of aromatic nitrogens is 3. The SMILES string of the molecule is O=S(=O)([O-])C[n+]1ccc(-c2cnc3ccccc3n2)cc1. The first-order valence-electron chi connectivity index (χ1n) is 6.16. The number of benzene rings is 1. The molecule has 3 rings (SSSR count). The van der Waals surface area contributed by atoms with E-state index in [0.717, 1.165) is 16.6 Å². The van der Waals surface area contributed by atoms with Crippen LogP contribution in [0.2, 0.25) is 0 Å². The van der Waals surface area contributed by atoms with Crippen LogP contribution in [0.5, 0.6) is 0 Å². The molecular weight excluding hydrogens is 290 g/mol. The fraction of sp³-hybridized carbons (Fsp3) is 0.0714. The molecular formula is C14H11N3O3S. The van der Waals surface area contributed by atoms with Crippen molar-refractivity contribution in [2.45, 2.75) is 5.88 Å². The van der Waals surface area contributed by atoms with Crippen LogP contribution >= 0.6 is 0 Å². The molecule has 0 N–H and O–H groups in total. The molecule has 0 aliphatic carbocycles. The zero-order chi connectivity index (χ0) is 14.9. The Morgan fingerprint density at radius 1 is 1.05 bits per heavy atom. The van der Waals surface area contributed by atoms with E-state index in [0.29, 0.717) is 5.69 Å². The maximum atomic E-state index is 10.7. The summed E-state index contributed by atoms with van der Waals surface area (Å²) in [7, 11) is -4.30. The van der Waals surface area contributed by atoms with Gasteiger partial charge in [-0.05, 0) is 12.1 Å². The number of rotatable bonds is 3. The minimum absolute atomic E-state index is 0.587. The molecule has 0 radical (unpaired) electrons. The average molecular weight is 301 g/mol. The molecule has 2 aromatic heterocycles. The van der Waals surface area contributed by atoms with Gasteiger partial charge in [-0.1, -0.05) is 12.1 Å². The summed E-state index contributed by atoms with van der Waals surface area (Å²) in [6.07, 6.45) is 4.72. The zero-order valence-corrected chi connectivity index (χ0v) is 11.7. The topological polar surface area (TPSA) is 86.9 Å². The number of hydrogen-bond donors (Lipinski definition) is 0. The van der Waals surface area contributed by atoms with Crippen LogP contribution in [0.25, 0.3) is 22.3 Å². The summed E-state index contributed by atoms with van der Waals surface area (Å²) < 4.78 is 33.4. The van der Waals surface area contributed by atoms with Crippen LogP contribution in [-0.4, -0.2) is 22.9 Å². The van der Waals surface area contributed by atoms with Gasteiger partial charge < -0.3 is 4.55 Å². The van der Waals surface area contributed by atoms with Crippen molar-refractivity contribution in [1.82, 2.24) is 9.97 Å². The third-order valence-electron chi connectivity index (χ3n) is 2.94. The lowest BCUT2D eigenvalue weighted by atomic mass is 10.2. The maximum Gasteiger partial charge on any atom is 0.236 e. The summed E-state index contributed by atoms with van der Waals surface area (Å²) in [5, 5.41) is 0. The smallest absolute Gasteiger partial charge is 0.236 e. The molecule has 0 fully saturated rings. The van der Waals surface area contributed by atoms with Crippen LogP contribution in [0.1, 0.15) is 0 Å². The first-order chi connectivity index (χ1) is 10.0. The number of hydrogen-bond acceptors (Lipinski definition) is 5. The molecule has 0 amide bonds. The van der Waals surface area contributed by atoms with Gasteiger partial charge in [0.25, 0.3) is 0 Å². The Balaban J connectivity index is 1.95. The summed E-state index contributed by atoms with van der Waals surface area (Å²) >= 11 is 0. The van der Waals surface area contributed by atoms with Crippen LogP contribution in [0, 0.1) is 0 Å². The van der Waals surface area contributed by atoms with Crippen molar-refractivity contribution in [2.24, 2.45) is 0 Å². The van der Waals surface area contributed by atoms with Crippen LogP contribution in [-0.2, 0) is 16.0 Å². The third-order valence-corrected chi connectivity index (χ3v) is 3.56. The van der Waals surface area contributed by atoms with E-state index in [4.69, 9.17) is 0 Å². The maximum absolute atomic E-state index is 10.7. The molecule has 0 saturated heterocycles. The molecule has 0 atom stereocenters. The normalized spacial score (nSPS) is 11.7. The van der Waals surface area contributed by atoms with E-state index >= 15 is 0 Å². The van der Waals surface area contributed by atoms with Crippen molar-refractivity contribution in [1.29, 1.82) is 0 Å². The number of fused-ring (bicyclic) bond motifs is 1. The predicted octanol–water partition coefficient (Wildman–Crippen LogP) is 1.09. The molecule has 0 aliphatic heterocycles. The van der Waals surface area contributed by atoms with E-state index in [9.17, 15) is 13.0 Å². The van der Waals surface area contributed by atoms with Crippen LogP contribution in [0.4, 0.5) is 0 Å². The summed E-state index contributed by atoms with van der Waals surface area (Å²) in [6, 6.07) is 10.9. The number of para-hydroxylation sites is 2. The van der Waals surface area contributed by atoms with Gasteiger partial charge in [-0.3, -0.25) is 4.98 Å². The molecule has 0 unspecified atom stereocenters. The van der Waals surface area contributed by atoms with Crippen molar-refractivity contribution in [3.8, 4) is 11.3 Å². The van der Waals surface area contributed by atoms with E-state index in [-0.39, 0.29) is 0 Å². The van der Waals surface area contributed by atoms with Crippen molar-refractivity contribution in [2.75, 3.05) is 0 Å². The highest BCUT2D eigenvalue weighted by Gasteiger charge is 2.08. The zero-order valence-electron chi connectivity index (χ0n) is 10.9. The minimum Gasteiger partial charge on any atom is -0.743 e. The Hall–Kier alpha value is -2.38. The molecule has 0 saturated carbocycles. The summed E-state index contributed by atoms with van der Waals surface area (Å²) in [5.74, 6) is -0.587. The summed E-state index contributed by atoms with van der Waals surface area (Å²) in [4.78, 5) is 8.82. The first-order valence-corrected chi connectivity index (χ1v) is 7.74. The monoisotopic (exact) mass is 301 g/mol. The van der Waals surface area contributed by atoms with E-state index in [1.54, 1.807) is 18.3 Å². The second-order valence-corrected chi connectivity index (χ2v) is 5.91. The first kappa shape index (κ1) is 13.6. The Morgan fingerprint density at radius 3 is 2.38 bits per heavy atom. The second kappa shape index (κ2) is 5.19. The molecule has 1 aromatic carbocycles. The molecule has 7 heteroatoms. The molecule has 0 spiro atoms. The van der Waals surface area contributed by atoms with Gasteiger partial charge in [0.15, 0.2) is 22.5 Å². The number of pyridine rings is 1.